The molecule has 111 heavy (non-hydrogen) atoms. The summed E-state index contributed by atoms with van der Waals surface area (Å²) < 4.78 is 51.1. The van der Waals surface area contributed by atoms with Crippen LogP contribution in [0.4, 0.5) is 8.78 Å². The van der Waals surface area contributed by atoms with E-state index in [-0.39, 0.29) is 35.5 Å². The minimum absolute atomic E-state index is 0.00827. The van der Waals surface area contributed by atoms with Crippen molar-refractivity contribution in [3.63, 3.8) is 0 Å². The predicted molar refractivity (Wildman–Crippen MR) is 478 cm³/mol. The molecule has 12 heteroatoms. The Bertz CT molecular complexity index is 5250. The highest BCUT2D eigenvalue weighted by Crippen LogP contribution is 2.50. The van der Waals surface area contributed by atoms with E-state index in [1.807, 2.05) is 12.1 Å². The molecule has 14 rings (SSSR count). The molecule has 2 aromatic heterocycles. The van der Waals surface area contributed by atoms with E-state index in [2.05, 4.69) is 337 Å². The number of aromatic nitrogens is 2. The number of fused-ring (bicyclic) bond motifs is 6. The van der Waals surface area contributed by atoms with Crippen LogP contribution in [0.1, 0.15) is 99.6 Å². The molecule has 0 fully saturated rings. The molecule has 0 radical (unpaired) electrons. The minimum Gasteiger partial charge on any atom is -0.505 e. The van der Waals surface area contributed by atoms with Gasteiger partial charge < -0.3 is 28.8 Å². The summed E-state index contributed by atoms with van der Waals surface area (Å²) in [5, 5.41) is 41.8. The van der Waals surface area contributed by atoms with Crippen LogP contribution in [0.5, 0.6) is 23.0 Å². The second-order valence-corrected chi connectivity index (χ2v) is 54.5. The lowest BCUT2D eigenvalue weighted by atomic mass is 9.71. The van der Waals surface area contributed by atoms with E-state index in [0.29, 0.717) is 51.5 Å². The molecule has 2 N–H and O–H groups in total. The summed E-state index contributed by atoms with van der Waals surface area (Å²) in [6.07, 6.45) is 2.00. The average Bonchev–Trinajstić information content (AvgIpc) is 1.60. The molecule has 0 atom stereocenters. The zero-order valence-corrected chi connectivity index (χ0v) is 72.1. The summed E-state index contributed by atoms with van der Waals surface area (Å²) in [4.78, 5) is 0. The van der Waals surface area contributed by atoms with Crippen molar-refractivity contribution in [3.8, 4) is 56.6 Å². The molecule has 6 nitrogen and oxygen atoms in total. The van der Waals surface area contributed by atoms with Gasteiger partial charge in [-0.25, -0.2) is 8.78 Å². The number of halogens is 2. The minimum atomic E-state index is -2.28. The molecule has 2 heterocycles. The van der Waals surface area contributed by atoms with E-state index in [1.54, 1.807) is 12.1 Å². The Morgan fingerprint density at radius 1 is 0.306 bits per heavy atom. The van der Waals surface area contributed by atoms with Crippen molar-refractivity contribution in [2.45, 2.75) is 152 Å². The first-order valence-electron chi connectivity index (χ1n) is 39.4. The van der Waals surface area contributed by atoms with E-state index in [0.717, 1.165) is 67.6 Å². The Balaban J connectivity index is 0.861. The Kier molecular flexibility index (Phi) is 20.6. The van der Waals surface area contributed by atoms with Gasteiger partial charge in [-0.15, -0.1) is 0 Å². The van der Waals surface area contributed by atoms with E-state index < -0.39 is 54.8 Å². The number of phenols is 2. The number of hydrogen-bond acceptors (Lipinski definition) is 4. The van der Waals surface area contributed by atoms with Crippen LogP contribution in [0, 0.1) is 22.5 Å². The van der Waals surface area contributed by atoms with Crippen molar-refractivity contribution in [3.05, 3.63) is 278 Å². The number of phenolic OH excluding ortho intramolecular Hbond substituents is 2. The average molecular weight is 1540 g/mol. The Hall–Kier alpha value is -9.83. The zero-order valence-electron chi connectivity index (χ0n) is 68.1. The summed E-state index contributed by atoms with van der Waals surface area (Å²) in [5.41, 5.74) is 7.86. The van der Waals surface area contributed by atoms with Gasteiger partial charge in [0.05, 0.1) is 46.7 Å². The molecule has 0 aliphatic heterocycles. The lowest BCUT2D eigenvalue weighted by Crippen LogP contribution is -2.52. The normalized spacial score (nSPS) is 12.9. The third-order valence-electron chi connectivity index (χ3n) is 23.8. The summed E-state index contributed by atoms with van der Waals surface area (Å²) in [6, 6.07) is 88.6. The monoisotopic (exact) mass is 1540 g/mol. The molecule has 0 saturated carbocycles. The number of benzene rings is 12. The maximum atomic E-state index is 16.4. The van der Waals surface area contributed by atoms with E-state index in [9.17, 15) is 10.2 Å². The highest BCUT2D eigenvalue weighted by atomic mass is 28.3. The van der Waals surface area contributed by atoms with Gasteiger partial charge in [-0.3, -0.25) is 0 Å². The SMILES string of the molecule is CC(C)(C)CC(C)(C)c1cc(-c2cc(F)ccc2OCCCOc2ccc(F)cc2-c2cc(C(C)(C)CC(C)(C)C)cc(-n3c4cc([Si](C)(C)c5ccccc5)ccc4c4ccc([Si](C)(C)c5ccccc5)cc43)c2O)c(O)c(-n2c3cc([Si](C)(C)c4ccccc4)ccc3c3ccc([Si](C)(C)c4ccccc4)cc32)c1. The molecule has 0 aliphatic carbocycles. The topological polar surface area (TPSA) is 68.8 Å². The van der Waals surface area contributed by atoms with Gasteiger partial charge >= 0.3 is 0 Å². The predicted octanol–water partition coefficient (Wildman–Crippen LogP) is 21.5. The van der Waals surface area contributed by atoms with Gasteiger partial charge in [-0.2, -0.15) is 0 Å². The van der Waals surface area contributed by atoms with E-state index >= 15 is 8.78 Å². The van der Waals surface area contributed by atoms with Crippen molar-refractivity contribution >= 4 is 117 Å². The number of aromatic hydroxyl groups is 2. The van der Waals surface area contributed by atoms with Gasteiger partial charge in [0, 0.05) is 50.2 Å². The lowest BCUT2D eigenvalue weighted by Gasteiger charge is -2.34. The molecule has 14 aromatic rings. The van der Waals surface area contributed by atoms with Crippen molar-refractivity contribution in [1.82, 2.24) is 9.13 Å². The van der Waals surface area contributed by atoms with Crippen LogP contribution in [0.15, 0.2) is 255 Å². The third kappa shape index (κ3) is 15.2. The summed E-state index contributed by atoms with van der Waals surface area (Å²) in [6.45, 7) is 42.2. The van der Waals surface area contributed by atoms with E-state index in [4.69, 9.17) is 9.47 Å². The number of rotatable bonds is 22. The molecule has 0 unspecified atom stereocenters. The molecule has 0 saturated heterocycles. The Labute approximate surface area is 660 Å². The van der Waals surface area contributed by atoms with Crippen LogP contribution in [0.2, 0.25) is 52.4 Å². The van der Waals surface area contributed by atoms with Crippen LogP contribution in [0.3, 0.4) is 0 Å². The van der Waals surface area contributed by atoms with Crippen molar-refractivity contribution in [1.29, 1.82) is 0 Å². The van der Waals surface area contributed by atoms with Gasteiger partial charge in [0.15, 0.2) is 0 Å². The summed E-state index contributed by atoms with van der Waals surface area (Å²) in [5.74, 6) is -0.119. The molecule has 0 spiro atoms. The Morgan fingerprint density at radius 2 is 0.577 bits per heavy atom. The van der Waals surface area contributed by atoms with Gasteiger partial charge in [-0.1, -0.05) is 333 Å². The van der Waals surface area contributed by atoms with Gasteiger partial charge in [-0.05, 0) is 131 Å². The van der Waals surface area contributed by atoms with Crippen LogP contribution in [0.25, 0.3) is 77.2 Å². The number of ether oxygens (including phenoxy) is 2. The van der Waals surface area contributed by atoms with Crippen molar-refractivity contribution in [2.24, 2.45) is 10.8 Å². The molecule has 0 amide bonds. The number of hydrogen-bond donors (Lipinski definition) is 2. The molecule has 12 aromatic carbocycles. The lowest BCUT2D eigenvalue weighted by molar-refractivity contribution is 0.248. The second-order valence-electron chi connectivity index (χ2n) is 36.9. The highest BCUT2D eigenvalue weighted by molar-refractivity contribution is 7.02. The zero-order chi connectivity index (χ0) is 79.1. The van der Waals surface area contributed by atoms with Gasteiger partial charge in [0.2, 0.25) is 0 Å². The van der Waals surface area contributed by atoms with Crippen molar-refractivity contribution < 1.29 is 28.5 Å². The largest absolute Gasteiger partial charge is 0.505 e. The number of nitrogens with zero attached hydrogens (tertiary/aromatic N) is 2. The fourth-order valence-electron chi connectivity index (χ4n) is 17.9. The first-order chi connectivity index (χ1) is 52.4. The third-order valence-corrected chi connectivity index (χ3v) is 38.0. The molecule has 0 bridgehead atoms. The first kappa shape index (κ1) is 77.9. The van der Waals surface area contributed by atoms with Crippen LogP contribution < -0.4 is 51.0 Å². The van der Waals surface area contributed by atoms with Crippen molar-refractivity contribution in [2.75, 3.05) is 13.2 Å². The summed E-state index contributed by atoms with van der Waals surface area (Å²) in [7, 11) is -9.13. The molecular weight excluding hydrogens is 1430 g/mol. The molecule has 568 valence electrons. The maximum Gasteiger partial charge on any atom is 0.147 e. The quantitative estimate of drug-likeness (QED) is 0.0524. The fourth-order valence-corrected chi connectivity index (χ4v) is 27.4. The van der Waals surface area contributed by atoms with Crippen LogP contribution in [-0.4, -0.2) is 64.9 Å². The Morgan fingerprint density at radius 3 is 0.838 bits per heavy atom. The summed E-state index contributed by atoms with van der Waals surface area (Å²) >= 11 is 0. The fraction of sp³-hybridized carbons (Fsp3) is 0.273. The van der Waals surface area contributed by atoms with Crippen LogP contribution >= 0.6 is 0 Å². The standard InChI is InChI=1S/C99H108F2N2O4Si4/c1-96(2,3)64-98(7,8)66-54-84(94(104)90(56-66)102-86-60-74(108(11,12)70-32-23-19-24-33-70)42-46-78(86)79-47-43-75(61-87(79)102)109(13,14)71-34-25-20-26-35-71)82-58-68(100)40-50-92(82)106-52-31-53-107-93-51-41-69(101)59-83(93)85-55-67(99(9,10)65-97(4,5)6)57-91(95(85)105)103-88-62-76(110(15,16)72-36-27-21-28-37-72)44-48-80(88)81-49-45-77(63-89(81)103)111(17,18)73-38-29-22-30-39-73/h19-30,32-51,54-63,104-105H,31,52-53,64-65H2,1-18H3. The molecular formula is C99H108F2N2O4Si4. The van der Waals surface area contributed by atoms with Gasteiger partial charge in [0.25, 0.3) is 0 Å². The smallest absolute Gasteiger partial charge is 0.147 e. The van der Waals surface area contributed by atoms with Crippen LogP contribution in [-0.2, 0) is 10.8 Å². The van der Waals surface area contributed by atoms with E-state index in [1.165, 1.54) is 65.8 Å². The highest BCUT2D eigenvalue weighted by Gasteiger charge is 2.37. The second kappa shape index (κ2) is 29.4. The van der Waals surface area contributed by atoms with Gasteiger partial charge in [0.1, 0.15) is 66.9 Å². The molecule has 0 aliphatic rings. The maximum absolute atomic E-state index is 16.4. The first-order valence-corrected chi connectivity index (χ1v) is 51.4.